The summed E-state index contributed by atoms with van der Waals surface area (Å²) in [6.45, 7) is 6.59. The number of anilines is 1. The zero-order valence-electron chi connectivity index (χ0n) is 13.3. The lowest BCUT2D eigenvalue weighted by Crippen LogP contribution is -2.28. The second-order valence-electron chi connectivity index (χ2n) is 5.25. The van der Waals surface area contributed by atoms with Crippen LogP contribution in [0.5, 0.6) is 5.75 Å². The predicted octanol–water partition coefficient (Wildman–Crippen LogP) is 2.82. The summed E-state index contributed by atoms with van der Waals surface area (Å²) in [5.74, 6) is 0.205. The molecule has 0 saturated carbocycles. The molecule has 5 nitrogen and oxygen atoms in total. The van der Waals surface area contributed by atoms with Gasteiger partial charge in [0, 0.05) is 37.4 Å². The average molecular weight is 294 g/mol. The van der Waals surface area contributed by atoms with Gasteiger partial charge in [0.1, 0.15) is 5.75 Å². The molecule has 0 bridgehead atoms. The van der Waals surface area contributed by atoms with E-state index >= 15 is 0 Å². The topological polar surface area (TPSA) is 70.6 Å². The van der Waals surface area contributed by atoms with Crippen LogP contribution in [0.1, 0.15) is 45.2 Å². The van der Waals surface area contributed by atoms with E-state index in [2.05, 4.69) is 10.6 Å². The molecular weight excluding hydrogens is 268 g/mol. The second-order valence-corrected chi connectivity index (χ2v) is 5.25. The average Bonchev–Trinajstić information content (AvgIpc) is 2.46. The molecule has 0 aliphatic rings. The van der Waals surface area contributed by atoms with E-state index in [4.69, 9.17) is 4.74 Å². The Morgan fingerprint density at radius 2 is 2.10 bits per heavy atom. The molecule has 1 amide bonds. The van der Waals surface area contributed by atoms with Crippen LogP contribution in [0, 0.1) is 0 Å². The Kier molecular flexibility index (Phi) is 7.19. The highest BCUT2D eigenvalue weighted by Gasteiger charge is 2.13. The first-order valence-corrected chi connectivity index (χ1v) is 7.36. The van der Waals surface area contributed by atoms with Gasteiger partial charge in [-0.2, -0.15) is 0 Å². The lowest BCUT2D eigenvalue weighted by molar-refractivity contribution is -0.116. The van der Waals surface area contributed by atoms with Gasteiger partial charge < -0.3 is 20.5 Å². The van der Waals surface area contributed by atoms with Crippen molar-refractivity contribution in [2.24, 2.45) is 0 Å². The van der Waals surface area contributed by atoms with Crippen LogP contribution in [0.15, 0.2) is 18.2 Å². The van der Waals surface area contributed by atoms with Gasteiger partial charge in [-0.25, -0.2) is 0 Å². The molecule has 0 fully saturated rings. The molecule has 0 saturated heterocycles. The molecule has 118 valence electrons. The van der Waals surface area contributed by atoms with E-state index in [0.717, 1.165) is 12.0 Å². The van der Waals surface area contributed by atoms with Crippen molar-refractivity contribution in [3.8, 4) is 5.75 Å². The van der Waals surface area contributed by atoms with Gasteiger partial charge in [0.2, 0.25) is 5.91 Å². The highest BCUT2D eigenvalue weighted by Crippen LogP contribution is 2.27. The molecule has 0 radical (unpaired) electrons. The highest BCUT2D eigenvalue weighted by atomic mass is 16.5. The van der Waals surface area contributed by atoms with E-state index < -0.39 is 0 Å². The predicted molar refractivity (Wildman–Crippen MR) is 84.5 cm³/mol. The Morgan fingerprint density at radius 3 is 2.71 bits per heavy atom. The molecule has 3 N–H and O–H groups in total. The van der Waals surface area contributed by atoms with E-state index in [0.29, 0.717) is 18.7 Å². The summed E-state index contributed by atoms with van der Waals surface area (Å²) in [5.41, 5.74) is 1.46. The number of nitrogens with one attached hydrogen (secondary N) is 2. The maximum absolute atomic E-state index is 11.6. The smallest absolute Gasteiger partial charge is 0.224 e. The van der Waals surface area contributed by atoms with Crippen molar-refractivity contribution in [1.29, 1.82) is 0 Å². The van der Waals surface area contributed by atoms with Crippen molar-refractivity contribution < 1.29 is 14.6 Å². The molecule has 0 heterocycles. The van der Waals surface area contributed by atoms with Gasteiger partial charge in [-0.15, -0.1) is 0 Å². The lowest BCUT2D eigenvalue weighted by atomic mass is 10.1. The van der Waals surface area contributed by atoms with E-state index in [1.54, 1.807) is 25.3 Å². The van der Waals surface area contributed by atoms with Crippen LogP contribution < -0.4 is 10.6 Å². The number of phenols is 1. The Bertz CT molecular complexity index is 463. The fraction of sp³-hybridized carbons (Fsp3) is 0.562. The van der Waals surface area contributed by atoms with E-state index in [9.17, 15) is 9.90 Å². The van der Waals surface area contributed by atoms with E-state index in [1.165, 1.54) is 0 Å². The van der Waals surface area contributed by atoms with Crippen LogP contribution in [0.25, 0.3) is 0 Å². The Hall–Kier alpha value is -1.59. The maximum atomic E-state index is 11.6. The summed E-state index contributed by atoms with van der Waals surface area (Å²) in [6, 6.07) is 5.08. The first-order valence-electron chi connectivity index (χ1n) is 7.36. The molecule has 21 heavy (non-hydrogen) atoms. The lowest BCUT2D eigenvalue weighted by Gasteiger charge is -2.19. The number of carbonyl (C=O) groups excluding carboxylic acids is 1. The normalized spacial score (nSPS) is 13.7. The maximum Gasteiger partial charge on any atom is 0.224 e. The van der Waals surface area contributed by atoms with Gasteiger partial charge in [0.15, 0.2) is 0 Å². The van der Waals surface area contributed by atoms with E-state index in [1.807, 2.05) is 20.8 Å². The third kappa shape index (κ3) is 5.73. The Balaban J connectivity index is 2.74. The monoisotopic (exact) mass is 294 g/mol. The van der Waals surface area contributed by atoms with Gasteiger partial charge in [-0.3, -0.25) is 4.79 Å². The van der Waals surface area contributed by atoms with Gasteiger partial charge in [-0.05, 0) is 38.5 Å². The Labute approximate surface area is 126 Å². The quantitative estimate of drug-likeness (QED) is 0.645. The number of benzene rings is 1. The molecule has 1 rings (SSSR count). The SMILES string of the molecule is CCCC(=O)Nc1ccc(O)c(C(C)NCC(C)OC)c1. The van der Waals surface area contributed by atoms with Crippen molar-refractivity contribution in [1.82, 2.24) is 5.32 Å². The summed E-state index contributed by atoms with van der Waals surface area (Å²) in [5, 5.41) is 16.1. The minimum atomic E-state index is -0.0365. The van der Waals surface area contributed by atoms with Crippen molar-refractivity contribution in [3.05, 3.63) is 23.8 Å². The van der Waals surface area contributed by atoms with Crippen LogP contribution in [0.3, 0.4) is 0 Å². The number of rotatable bonds is 8. The number of hydrogen-bond donors (Lipinski definition) is 3. The van der Waals surface area contributed by atoms with Crippen molar-refractivity contribution in [2.75, 3.05) is 19.0 Å². The van der Waals surface area contributed by atoms with Gasteiger partial charge in [-0.1, -0.05) is 6.92 Å². The van der Waals surface area contributed by atoms with Crippen LogP contribution >= 0.6 is 0 Å². The molecule has 0 aliphatic carbocycles. The van der Waals surface area contributed by atoms with Gasteiger partial charge in [0.25, 0.3) is 0 Å². The van der Waals surface area contributed by atoms with Gasteiger partial charge >= 0.3 is 0 Å². The minimum absolute atomic E-state index is 0.0113. The van der Waals surface area contributed by atoms with Crippen LogP contribution in [-0.4, -0.2) is 30.8 Å². The fourth-order valence-corrected chi connectivity index (χ4v) is 1.97. The largest absolute Gasteiger partial charge is 0.508 e. The standard InChI is InChI=1S/C16H26N2O3/c1-5-6-16(20)18-13-7-8-15(19)14(9-13)12(3)17-10-11(2)21-4/h7-9,11-12,17,19H,5-6,10H2,1-4H3,(H,18,20). The van der Waals surface area contributed by atoms with Crippen molar-refractivity contribution in [3.63, 3.8) is 0 Å². The molecule has 1 aromatic carbocycles. The molecule has 0 aromatic heterocycles. The van der Waals surface area contributed by atoms with Crippen molar-refractivity contribution >= 4 is 11.6 Å². The summed E-state index contributed by atoms with van der Waals surface area (Å²) in [4.78, 5) is 11.6. The Morgan fingerprint density at radius 1 is 1.38 bits per heavy atom. The first-order chi connectivity index (χ1) is 9.97. The second kappa shape index (κ2) is 8.64. The van der Waals surface area contributed by atoms with Crippen LogP contribution in [0.2, 0.25) is 0 Å². The summed E-state index contributed by atoms with van der Waals surface area (Å²) in [7, 11) is 1.67. The number of phenolic OH excluding ortho intramolecular Hbond substituents is 1. The van der Waals surface area contributed by atoms with Crippen LogP contribution in [-0.2, 0) is 9.53 Å². The number of amides is 1. The number of hydrogen-bond acceptors (Lipinski definition) is 4. The number of aromatic hydroxyl groups is 1. The number of methoxy groups -OCH3 is 1. The molecule has 2 unspecified atom stereocenters. The summed E-state index contributed by atoms with van der Waals surface area (Å²) in [6.07, 6.45) is 1.40. The minimum Gasteiger partial charge on any atom is -0.508 e. The third-order valence-electron chi connectivity index (χ3n) is 3.37. The molecule has 0 spiro atoms. The highest BCUT2D eigenvalue weighted by molar-refractivity contribution is 5.90. The molecule has 5 heteroatoms. The number of carbonyl (C=O) groups is 1. The molecule has 0 aliphatic heterocycles. The van der Waals surface area contributed by atoms with E-state index in [-0.39, 0.29) is 23.8 Å². The zero-order chi connectivity index (χ0) is 15.8. The molecule has 1 aromatic rings. The van der Waals surface area contributed by atoms with Gasteiger partial charge in [0.05, 0.1) is 6.10 Å². The zero-order valence-corrected chi connectivity index (χ0v) is 13.3. The first kappa shape index (κ1) is 17.5. The fourth-order valence-electron chi connectivity index (χ4n) is 1.97. The summed E-state index contributed by atoms with van der Waals surface area (Å²) >= 11 is 0. The van der Waals surface area contributed by atoms with Crippen LogP contribution in [0.4, 0.5) is 5.69 Å². The number of ether oxygens (including phenoxy) is 1. The third-order valence-corrected chi connectivity index (χ3v) is 3.37. The van der Waals surface area contributed by atoms with Crippen molar-refractivity contribution in [2.45, 2.75) is 45.8 Å². The molecule has 2 atom stereocenters. The molecular formula is C16H26N2O3. The summed E-state index contributed by atoms with van der Waals surface area (Å²) < 4.78 is 5.19.